The van der Waals surface area contributed by atoms with Crippen molar-refractivity contribution in [2.24, 2.45) is 46.3 Å². The Kier molecular flexibility index (Phi) is 6.06. The van der Waals surface area contributed by atoms with Crippen molar-refractivity contribution >= 4 is 0 Å². The lowest BCUT2D eigenvalue weighted by Gasteiger charge is -2.59. The van der Waals surface area contributed by atoms with Gasteiger partial charge in [0.25, 0.3) is 0 Å². The van der Waals surface area contributed by atoms with E-state index in [4.69, 9.17) is 0 Å². The summed E-state index contributed by atoms with van der Waals surface area (Å²) >= 11 is 0. The minimum atomic E-state index is -1.51. The van der Waals surface area contributed by atoms with Crippen LogP contribution in [0.5, 0.6) is 0 Å². The van der Waals surface area contributed by atoms with Gasteiger partial charge in [-0.1, -0.05) is 58.4 Å². The standard InChI is InChI=1S/C28H46O3/c1-17(2)18(3)15-25(29)19(4)22-9-10-23-21-8-7-20-16-28(30,31)14-13-26(20,5)24(21)11-12-27(22,23)6/h7,17,19,21-25,29-31H,3,8-16H2,1-2,4-6H3/t19-,21-,22+,23-,24-,25?,26-,27+/m0/s1. The molecule has 0 heterocycles. The number of fused-ring (bicyclic) bond motifs is 5. The lowest BCUT2D eigenvalue weighted by Crippen LogP contribution is -2.52. The normalized spacial score (nSPS) is 43.5. The molecular weight excluding hydrogens is 384 g/mol. The number of aliphatic hydroxyl groups is 3. The zero-order valence-electron chi connectivity index (χ0n) is 20.5. The van der Waals surface area contributed by atoms with E-state index in [1.54, 1.807) is 0 Å². The molecule has 1 unspecified atom stereocenters. The lowest BCUT2D eigenvalue weighted by atomic mass is 9.46. The van der Waals surface area contributed by atoms with Crippen LogP contribution >= 0.6 is 0 Å². The summed E-state index contributed by atoms with van der Waals surface area (Å²) in [5.74, 6) is 1.92. The highest BCUT2D eigenvalue weighted by Gasteiger charge is 2.60. The van der Waals surface area contributed by atoms with E-state index in [1.165, 1.54) is 36.8 Å². The van der Waals surface area contributed by atoms with Crippen molar-refractivity contribution in [3.8, 4) is 0 Å². The van der Waals surface area contributed by atoms with Gasteiger partial charge in [-0.05, 0) is 91.3 Å². The smallest absolute Gasteiger partial charge is 0.166 e. The molecule has 0 spiro atoms. The zero-order valence-corrected chi connectivity index (χ0v) is 20.5. The first-order valence-electron chi connectivity index (χ1n) is 12.9. The Balaban J connectivity index is 1.53. The van der Waals surface area contributed by atoms with E-state index in [0.717, 1.165) is 25.2 Å². The van der Waals surface area contributed by atoms with Gasteiger partial charge in [0.2, 0.25) is 0 Å². The van der Waals surface area contributed by atoms with Crippen LogP contribution in [0.15, 0.2) is 23.8 Å². The third kappa shape index (κ3) is 3.87. The van der Waals surface area contributed by atoms with Gasteiger partial charge in [-0.25, -0.2) is 0 Å². The van der Waals surface area contributed by atoms with E-state index in [1.807, 2.05) is 0 Å². The molecule has 3 fully saturated rings. The van der Waals surface area contributed by atoms with Crippen molar-refractivity contribution in [3.05, 3.63) is 23.8 Å². The predicted octanol–water partition coefficient (Wildman–Crippen LogP) is 5.85. The Hall–Kier alpha value is -0.640. The lowest BCUT2D eigenvalue weighted by molar-refractivity contribution is -0.189. The molecule has 3 saturated carbocycles. The summed E-state index contributed by atoms with van der Waals surface area (Å²) < 4.78 is 0. The zero-order chi connectivity index (χ0) is 22.8. The minimum absolute atomic E-state index is 0.136. The number of hydrogen-bond acceptors (Lipinski definition) is 3. The van der Waals surface area contributed by atoms with Crippen molar-refractivity contribution in [2.75, 3.05) is 0 Å². The molecule has 0 aliphatic heterocycles. The Bertz CT molecular complexity index is 737. The second-order valence-corrected chi connectivity index (χ2v) is 12.6. The third-order valence-corrected chi connectivity index (χ3v) is 10.7. The predicted molar refractivity (Wildman–Crippen MR) is 126 cm³/mol. The van der Waals surface area contributed by atoms with Crippen molar-refractivity contribution in [1.29, 1.82) is 0 Å². The molecule has 31 heavy (non-hydrogen) atoms. The molecule has 4 aliphatic carbocycles. The molecule has 0 radical (unpaired) electrons. The first-order valence-corrected chi connectivity index (χ1v) is 12.9. The van der Waals surface area contributed by atoms with Gasteiger partial charge < -0.3 is 15.3 Å². The fourth-order valence-corrected chi connectivity index (χ4v) is 8.49. The third-order valence-electron chi connectivity index (χ3n) is 10.7. The Morgan fingerprint density at radius 3 is 2.45 bits per heavy atom. The number of rotatable bonds is 5. The Morgan fingerprint density at radius 2 is 1.77 bits per heavy atom. The molecule has 0 bridgehead atoms. The van der Waals surface area contributed by atoms with Crippen molar-refractivity contribution in [2.45, 2.75) is 104 Å². The van der Waals surface area contributed by atoms with Crippen LogP contribution in [0.3, 0.4) is 0 Å². The van der Waals surface area contributed by atoms with E-state index in [9.17, 15) is 15.3 Å². The van der Waals surface area contributed by atoms with Gasteiger partial charge in [0.05, 0.1) is 6.10 Å². The molecule has 4 aliphatic rings. The second kappa shape index (κ2) is 7.99. The van der Waals surface area contributed by atoms with Gasteiger partial charge >= 0.3 is 0 Å². The highest BCUT2D eigenvalue weighted by atomic mass is 16.5. The summed E-state index contributed by atoms with van der Waals surface area (Å²) in [6.45, 7) is 15.8. The molecule has 0 aromatic carbocycles. The highest BCUT2D eigenvalue weighted by molar-refractivity contribution is 5.26. The van der Waals surface area contributed by atoms with Gasteiger partial charge in [-0.15, -0.1) is 0 Å². The van der Waals surface area contributed by atoms with Gasteiger partial charge in [0.1, 0.15) is 0 Å². The summed E-state index contributed by atoms with van der Waals surface area (Å²) in [6, 6.07) is 0. The van der Waals surface area contributed by atoms with Gasteiger partial charge in [-0.3, -0.25) is 0 Å². The summed E-state index contributed by atoms with van der Waals surface area (Å²) in [5, 5.41) is 31.5. The largest absolute Gasteiger partial charge is 0.393 e. The number of hydrogen-bond donors (Lipinski definition) is 3. The van der Waals surface area contributed by atoms with Gasteiger partial charge in [0, 0.05) is 12.8 Å². The minimum Gasteiger partial charge on any atom is -0.393 e. The SMILES string of the molecule is C=C(CC(O)[C@@H](C)[C@H]1CC[C@H]2[C@@H]3CC=C4CC(O)(O)CC[C@]4(C)[C@H]3CC[C@]12C)C(C)C. The summed E-state index contributed by atoms with van der Waals surface area (Å²) in [7, 11) is 0. The van der Waals surface area contributed by atoms with E-state index in [-0.39, 0.29) is 11.5 Å². The summed E-state index contributed by atoms with van der Waals surface area (Å²) in [5.41, 5.74) is 2.92. The molecule has 0 aromatic heterocycles. The van der Waals surface area contributed by atoms with Gasteiger partial charge in [-0.2, -0.15) is 0 Å². The number of allylic oxidation sites excluding steroid dienone is 1. The molecular formula is C28H46O3. The van der Waals surface area contributed by atoms with E-state index < -0.39 is 5.79 Å². The van der Waals surface area contributed by atoms with Crippen LogP contribution in [0.4, 0.5) is 0 Å². The van der Waals surface area contributed by atoms with Crippen molar-refractivity contribution in [1.82, 2.24) is 0 Å². The molecule has 0 aromatic rings. The average molecular weight is 431 g/mol. The van der Waals surface area contributed by atoms with Crippen LogP contribution in [0.25, 0.3) is 0 Å². The van der Waals surface area contributed by atoms with Crippen LogP contribution in [0, 0.1) is 46.3 Å². The first-order chi connectivity index (χ1) is 14.4. The fraction of sp³-hybridized carbons (Fsp3) is 0.857. The maximum absolute atomic E-state index is 11.1. The highest BCUT2D eigenvalue weighted by Crippen LogP contribution is 2.67. The topological polar surface area (TPSA) is 60.7 Å². The quantitative estimate of drug-likeness (QED) is 0.379. The van der Waals surface area contributed by atoms with Crippen molar-refractivity contribution < 1.29 is 15.3 Å². The summed E-state index contributed by atoms with van der Waals surface area (Å²) in [4.78, 5) is 0. The van der Waals surface area contributed by atoms with Crippen LogP contribution in [0.2, 0.25) is 0 Å². The van der Waals surface area contributed by atoms with Crippen LogP contribution in [-0.2, 0) is 0 Å². The maximum Gasteiger partial charge on any atom is 0.166 e. The van der Waals surface area contributed by atoms with E-state index in [0.29, 0.717) is 47.8 Å². The van der Waals surface area contributed by atoms with E-state index >= 15 is 0 Å². The van der Waals surface area contributed by atoms with Crippen LogP contribution < -0.4 is 0 Å². The first kappa shape index (κ1) is 23.5. The molecule has 3 N–H and O–H groups in total. The maximum atomic E-state index is 11.1. The molecule has 8 atom stereocenters. The van der Waals surface area contributed by atoms with E-state index in [2.05, 4.69) is 47.3 Å². The molecule has 0 amide bonds. The monoisotopic (exact) mass is 430 g/mol. The van der Waals surface area contributed by atoms with Crippen LogP contribution in [0.1, 0.15) is 92.4 Å². The average Bonchev–Trinajstić information content (AvgIpc) is 3.04. The molecule has 3 nitrogen and oxygen atoms in total. The number of aliphatic hydroxyl groups excluding tert-OH is 1. The fourth-order valence-electron chi connectivity index (χ4n) is 8.49. The van der Waals surface area contributed by atoms with Crippen LogP contribution in [-0.4, -0.2) is 27.2 Å². The Labute approximate surface area is 190 Å². The summed E-state index contributed by atoms with van der Waals surface area (Å²) in [6.07, 6.45) is 10.8. The molecule has 0 saturated heterocycles. The molecule has 3 heteroatoms. The van der Waals surface area contributed by atoms with Crippen molar-refractivity contribution in [3.63, 3.8) is 0 Å². The van der Waals surface area contributed by atoms with Gasteiger partial charge in [0.15, 0.2) is 5.79 Å². The Morgan fingerprint density at radius 1 is 1.06 bits per heavy atom. The molecule has 4 rings (SSSR count). The second-order valence-electron chi connectivity index (χ2n) is 12.6. The molecule has 176 valence electrons.